The van der Waals surface area contributed by atoms with Gasteiger partial charge >= 0.3 is 6.18 Å². The van der Waals surface area contributed by atoms with E-state index in [1.165, 1.54) is 0 Å². The molecule has 0 aliphatic heterocycles. The predicted octanol–water partition coefficient (Wildman–Crippen LogP) is 8.60. The monoisotopic (exact) mass is 464 g/mol. The van der Waals surface area contributed by atoms with E-state index >= 15 is 0 Å². The van der Waals surface area contributed by atoms with Gasteiger partial charge in [0.2, 0.25) is 0 Å². The van der Waals surface area contributed by atoms with Gasteiger partial charge in [0.25, 0.3) is 0 Å². The largest absolute Gasteiger partial charge is 0.416 e. The number of benzene rings is 5. The van der Waals surface area contributed by atoms with Gasteiger partial charge in [-0.05, 0) is 58.3 Å². The molecule has 35 heavy (non-hydrogen) atoms. The molecule has 1 heterocycles. The Morgan fingerprint density at radius 1 is 0.571 bits per heavy atom. The molecule has 0 unspecified atom stereocenters. The van der Waals surface area contributed by atoms with Gasteiger partial charge in [0.15, 0.2) is 0 Å². The van der Waals surface area contributed by atoms with Crippen molar-refractivity contribution in [2.75, 3.05) is 0 Å². The van der Waals surface area contributed by atoms with Gasteiger partial charge in [0.05, 0.1) is 28.0 Å². The summed E-state index contributed by atoms with van der Waals surface area (Å²) in [7, 11) is 0. The van der Waals surface area contributed by atoms with Crippen molar-refractivity contribution in [3.05, 3.63) is 108 Å². The third-order valence-corrected chi connectivity index (χ3v) is 6.33. The van der Waals surface area contributed by atoms with Crippen molar-refractivity contribution in [3.63, 3.8) is 0 Å². The molecule has 0 saturated heterocycles. The Morgan fingerprint density at radius 3 is 1.63 bits per heavy atom. The molecule has 0 saturated carbocycles. The van der Waals surface area contributed by atoms with Crippen LogP contribution in [0.5, 0.6) is 0 Å². The molecule has 0 atom stereocenters. The number of hydrogen-bond donors (Lipinski definition) is 0. The van der Waals surface area contributed by atoms with E-state index in [-0.39, 0.29) is 5.52 Å². The highest BCUT2D eigenvalue weighted by Crippen LogP contribution is 2.37. The van der Waals surface area contributed by atoms with E-state index in [1.54, 1.807) is 6.92 Å². The molecule has 5 aromatic carbocycles. The van der Waals surface area contributed by atoms with Crippen LogP contribution in [0.25, 0.3) is 55.1 Å². The minimum atomic E-state index is -4.46. The Balaban J connectivity index is 1.66. The first-order valence-corrected chi connectivity index (χ1v) is 11.2. The van der Waals surface area contributed by atoms with Crippen LogP contribution < -0.4 is 0 Å². The van der Waals surface area contributed by atoms with E-state index in [0.29, 0.717) is 22.5 Å². The molecule has 0 N–H and O–H groups in total. The zero-order valence-electron chi connectivity index (χ0n) is 18.8. The molecule has 0 amide bonds. The lowest BCUT2D eigenvalue weighted by Crippen LogP contribution is -2.06. The Hall–Kier alpha value is -4.25. The summed E-state index contributed by atoms with van der Waals surface area (Å²) in [6.45, 7) is 1.64. The Kier molecular flexibility index (Phi) is 4.81. The number of aryl methyl sites for hydroxylation is 1. The molecule has 6 aromatic rings. The highest BCUT2D eigenvalue weighted by atomic mass is 19.4. The maximum Gasteiger partial charge on any atom is 0.416 e. The first-order valence-electron chi connectivity index (χ1n) is 11.2. The zero-order chi connectivity index (χ0) is 24.2. The second-order valence-corrected chi connectivity index (χ2v) is 8.70. The van der Waals surface area contributed by atoms with Crippen molar-refractivity contribution in [1.29, 1.82) is 0 Å². The number of rotatable bonds is 2. The first kappa shape index (κ1) is 21.3. The minimum Gasteiger partial charge on any atom is -0.244 e. The predicted molar refractivity (Wildman–Crippen MR) is 135 cm³/mol. The molecular weight excluding hydrogens is 445 g/mol. The van der Waals surface area contributed by atoms with Crippen LogP contribution in [0.3, 0.4) is 0 Å². The highest BCUT2D eigenvalue weighted by molar-refractivity contribution is 5.94. The molecule has 6 rings (SSSR count). The number of nitrogens with zero attached hydrogens (tertiary/aromatic N) is 2. The van der Waals surface area contributed by atoms with Crippen LogP contribution in [0.4, 0.5) is 13.2 Å². The molecule has 0 aliphatic carbocycles. The molecule has 0 fully saturated rings. The number of fused-ring (bicyclic) bond motifs is 3. The van der Waals surface area contributed by atoms with Gasteiger partial charge in [-0.3, -0.25) is 0 Å². The molecule has 0 spiro atoms. The summed E-state index contributed by atoms with van der Waals surface area (Å²) in [5.74, 6) is 0. The number of aromatic nitrogens is 2. The second-order valence-electron chi connectivity index (χ2n) is 8.70. The molecule has 0 radical (unpaired) electrons. The van der Waals surface area contributed by atoms with E-state index < -0.39 is 11.7 Å². The van der Waals surface area contributed by atoms with E-state index in [4.69, 9.17) is 9.97 Å². The minimum absolute atomic E-state index is 0.227. The Bertz CT molecular complexity index is 1750. The number of alkyl halides is 3. The van der Waals surface area contributed by atoms with Gasteiger partial charge in [-0.15, -0.1) is 0 Å². The van der Waals surface area contributed by atoms with Crippen LogP contribution >= 0.6 is 0 Å². The lowest BCUT2D eigenvalue weighted by atomic mass is 9.98. The van der Waals surface area contributed by atoms with Crippen molar-refractivity contribution in [3.8, 4) is 22.5 Å². The maximum absolute atomic E-state index is 13.5. The van der Waals surface area contributed by atoms with Crippen LogP contribution in [0.1, 0.15) is 11.1 Å². The smallest absolute Gasteiger partial charge is 0.244 e. The van der Waals surface area contributed by atoms with Crippen LogP contribution in [-0.4, -0.2) is 9.97 Å². The van der Waals surface area contributed by atoms with Crippen molar-refractivity contribution >= 4 is 32.6 Å². The van der Waals surface area contributed by atoms with Gasteiger partial charge < -0.3 is 0 Å². The fourth-order valence-corrected chi connectivity index (χ4v) is 4.57. The summed E-state index contributed by atoms with van der Waals surface area (Å²) < 4.78 is 40.6. The van der Waals surface area contributed by atoms with Crippen molar-refractivity contribution in [2.45, 2.75) is 13.1 Å². The molecule has 0 bridgehead atoms. The molecule has 2 nitrogen and oxygen atoms in total. The summed E-state index contributed by atoms with van der Waals surface area (Å²) in [6, 6.07) is 30.2. The lowest BCUT2D eigenvalue weighted by molar-refractivity contribution is -0.137. The van der Waals surface area contributed by atoms with Crippen LogP contribution in [0, 0.1) is 6.92 Å². The van der Waals surface area contributed by atoms with Crippen LogP contribution in [0.15, 0.2) is 97.1 Å². The van der Waals surface area contributed by atoms with Crippen LogP contribution in [-0.2, 0) is 6.18 Å². The van der Waals surface area contributed by atoms with Crippen molar-refractivity contribution in [2.24, 2.45) is 0 Å². The van der Waals surface area contributed by atoms with Crippen molar-refractivity contribution < 1.29 is 13.2 Å². The standard InChI is InChI=1S/C30H19F3N2/c1-18-14-25(30(31,32)33)17-26-27(18)35-29(24-13-11-20-7-3-5-9-22(20)16-24)28(34-26)23-12-10-19-6-2-4-8-21(19)15-23/h2-17H,1H3. The maximum atomic E-state index is 13.5. The Labute approximate surface area is 199 Å². The molecule has 170 valence electrons. The fraction of sp³-hybridized carbons (Fsp3) is 0.0667. The van der Waals surface area contributed by atoms with Gasteiger partial charge in [0.1, 0.15) is 0 Å². The van der Waals surface area contributed by atoms with E-state index in [9.17, 15) is 13.2 Å². The quantitative estimate of drug-likeness (QED) is 0.256. The lowest BCUT2D eigenvalue weighted by Gasteiger charge is -2.15. The van der Waals surface area contributed by atoms with Crippen molar-refractivity contribution in [1.82, 2.24) is 9.97 Å². The zero-order valence-corrected chi connectivity index (χ0v) is 18.8. The third kappa shape index (κ3) is 3.79. The summed E-state index contributed by atoms with van der Waals surface area (Å²) in [4.78, 5) is 9.68. The number of hydrogen-bond acceptors (Lipinski definition) is 2. The molecule has 0 aliphatic rings. The summed E-state index contributed by atoms with van der Waals surface area (Å²) in [6.07, 6.45) is -4.46. The average Bonchev–Trinajstić information content (AvgIpc) is 2.87. The van der Waals surface area contributed by atoms with Gasteiger partial charge in [-0.2, -0.15) is 13.2 Å². The first-order chi connectivity index (χ1) is 16.9. The summed E-state index contributed by atoms with van der Waals surface area (Å²) in [5, 5.41) is 4.26. The normalized spacial score (nSPS) is 12.0. The molecule has 5 heteroatoms. The molecule has 1 aromatic heterocycles. The topological polar surface area (TPSA) is 25.8 Å². The Morgan fingerprint density at radius 2 is 1.09 bits per heavy atom. The molecular formula is C30H19F3N2. The number of halogens is 3. The fourth-order valence-electron chi connectivity index (χ4n) is 4.57. The van der Waals surface area contributed by atoms with E-state index in [0.717, 1.165) is 44.8 Å². The van der Waals surface area contributed by atoms with Gasteiger partial charge in [-0.25, -0.2) is 9.97 Å². The summed E-state index contributed by atoms with van der Waals surface area (Å²) >= 11 is 0. The SMILES string of the molecule is Cc1cc(C(F)(F)F)cc2nc(-c3ccc4ccccc4c3)c(-c3ccc4ccccc4c3)nc12. The van der Waals surface area contributed by atoms with Gasteiger partial charge in [0, 0.05) is 11.1 Å². The summed E-state index contributed by atoms with van der Waals surface area (Å²) in [5.41, 5.74) is 3.26. The third-order valence-electron chi connectivity index (χ3n) is 6.33. The van der Waals surface area contributed by atoms with Crippen LogP contribution in [0.2, 0.25) is 0 Å². The average molecular weight is 464 g/mol. The second kappa shape index (κ2) is 7.91. The van der Waals surface area contributed by atoms with E-state index in [2.05, 4.69) is 6.07 Å². The highest BCUT2D eigenvalue weighted by Gasteiger charge is 2.31. The van der Waals surface area contributed by atoms with E-state index in [1.807, 2.05) is 78.9 Å². The van der Waals surface area contributed by atoms with Gasteiger partial charge in [-0.1, -0.05) is 72.8 Å².